The van der Waals surface area contributed by atoms with E-state index in [1.54, 1.807) is 0 Å². The van der Waals surface area contributed by atoms with Gasteiger partial charge in [0.1, 0.15) is 0 Å². The smallest absolute Gasteiger partial charge is 0.220 e. The van der Waals surface area contributed by atoms with E-state index >= 15 is 0 Å². The maximum absolute atomic E-state index is 12.4. The molecule has 1 N–H and O–H groups in total. The van der Waals surface area contributed by atoms with Crippen molar-refractivity contribution >= 4 is 45.3 Å². The van der Waals surface area contributed by atoms with E-state index in [2.05, 4.69) is 101 Å². The molecule has 166 valence electrons. The molecule has 3 heteroatoms. The minimum atomic E-state index is 0.217. The number of nitrogens with one attached hydrogen (secondary N) is 1. The van der Waals surface area contributed by atoms with Crippen LogP contribution < -0.4 is 5.32 Å². The Hall–Kier alpha value is -2.14. The molecule has 4 rings (SSSR count). The van der Waals surface area contributed by atoms with Gasteiger partial charge in [-0.3, -0.25) is 4.79 Å². The van der Waals surface area contributed by atoms with Gasteiger partial charge in [0.05, 0.1) is 0 Å². The highest BCUT2D eigenvalue weighted by atomic mass is 127. The maximum atomic E-state index is 12.4. The average molecular weight is 537 g/mol. The molecular formula is C29H32INO. The van der Waals surface area contributed by atoms with Crippen LogP contribution in [0, 0.1) is 9.49 Å². The third-order valence-electron chi connectivity index (χ3n) is 6.45. The van der Waals surface area contributed by atoms with Gasteiger partial charge >= 0.3 is 0 Å². The van der Waals surface area contributed by atoms with E-state index in [-0.39, 0.29) is 5.91 Å². The first-order valence-electron chi connectivity index (χ1n) is 11.9. The Morgan fingerprint density at radius 2 is 1.81 bits per heavy atom. The summed E-state index contributed by atoms with van der Waals surface area (Å²) in [6.45, 7) is 0.698. The van der Waals surface area contributed by atoms with Crippen molar-refractivity contribution in [1.29, 1.82) is 0 Å². The van der Waals surface area contributed by atoms with E-state index in [0.717, 1.165) is 12.8 Å². The molecule has 0 saturated heterocycles. The molecule has 32 heavy (non-hydrogen) atoms. The van der Waals surface area contributed by atoms with E-state index in [9.17, 15) is 4.79 Å². The summed E-state index contributed by atoms with van der Waals surface area (Å²) in [4.78, 5) is 12.4. The summed E-state index contributed by atoms with van der Waals surface area (Å²) in [5, 5.41) is 5.73. The van der Waals surface area contributed by atoms with Gasteiger partial charge in [-0.15, -0.1) is 0 Å². The highest BCUT2D eigenvalue weighted by Gasteiger charge is 2.16. The van der Waals surface area contributed by atoms with Gasteiger partial charge in [-0.2, -0.15) is 0 Å². The van der Waals surface area contributed by atoms with Gasteiger partial charge in [0.25, 0.3) is 0 Å². The summed E-state index contributed by atoms with van der Waals surface area (Å²) in [5.41, 5.74) is 3.84. The van der Waals surface area contributed by atoms with Crippen LogP contribution in [-0.2, 0) is 17.6 Å². The van der Waals surface area contributed by atoms with Crippen molar-refractivity contribution in [2.45, 2.75) is 51.4 Å². The third kappa shape index (κ3) is 6.68. The number of hydrogen-bond donors (Lipinski definition) is 1. The lowest BCUT2D eigenvalue weighted by molar-refractivity contribution is -0.122. The number of halogens is 1. The molecule has 1 aliphatic rings. The fourth-order valence-electron chi connectivity index (χ4n) is 4.74. The highest BCUT2D eigenvalue weighted by molar-refractivity contribution is 14.1. The second kappa shape index (κ2) is 11.6. The first-order chi connectivity index (χ1) is 15.7. The van der Waals surface area contributed by atoms with E-state index in [1.165, 1.54) is 63.1 Å². The maximum Gasteiger partial charge on any atom is 0.220 e. The van der Waals surface area contributed by atoms with Crippen LogP contribution in [0.2, 0.25) is 0 Å². The van der Waals surface area contributed by atoms with E-state index in [1.807, 2.05) is 0 Å². The number of allylic oxidation sites excluding steroid dienone is 1. The molecular weight excluding hydrogens is 505 g/mol. The first kappa shape index (κ1) is 23.0. The molecule has 0 radical (unpaired) electrons. The van der Waals surface area contributed by atoms with Gasteiger partial charge in [-0.25, -0.2) is 0 Å². The van der Waals surface area contributed by atoms with Crippen LogP contribution in [0.5, 0.6) is 0 Å². The van der Waals surface area contributed by atoms with Gasteiger partial charge in [-0.05, 0) is 99.9 Å². The Labute approximate surface area is 205 Å². The number of carbonyl (C=O) groups is 1. The summed E-state index contributed by atoms with van der Waals surface area (Å²) in [7, 11) is 0. The van der Waals surface area contributed by atoms with Crippen molar-refractivity contribution in [2.24, 2.45) is 5.92 Å². The summed E-state index contributed by atoms with van der Waals surface area (Å²) in [5.74, 6) is 0.805. The van der Waals surface area contributed by atoms with Crippen molar-refractivity contribution in [3.63, 3.8) is 0 Å². The molecule has 1 amide bonds. The monoisotopic (exact) mass is 537 g/mol. The molecule has 1 saturated carbocycles. The van der Waals surface area contributed by atoms with E-state index < -0.39 is 0 Å². The lowest BCUT2D eigenvalue weighted by Crippen LogP contribution is -2.28. The second-order valence-electron chi connectivity index (χ2n) is 8.95. The molecule has 0 atom stereocenters. The molecule has 0 heterocycles. The predicted molar refractivity (Wildman–Crippen MR) is 144 cm³/mol. The Kier molecular flexibility index (Phi) is 8.38. The Balaban J connectivity index is 1.42. The molecule has 0 spiro atoms. The minimum Gasteiger partial charge on any atom is -0.356 e. The van der Waals surface area contributed by atoms with Gasteiger partial charge in [0, 0.05) is 16.5 Å². The molecule has 0 unspecified atom stereocenters. The zero-order valence-electron chi connectivity index (χ0n) is 18.7. The van der Waals surface area contributed by atoms with Crippen LogP contribution in [0.3, 0.4) is 0 Å². The summed E-state index contributed by atoms with van der Waals surface area (Å²) < 4.78 is 1.24. The van der Waals surface area contributed by atoms with Gasteiger partial charge < -0.3 is 5.32 Å². The number of fused-ring (bicyclic) bond motifs is 1. The Morgan fingerprint density at radius 3 is 2.62 bits per heavy atom. The third-order valence-corrected chi connectivity index (χ3v) is 7.12. The molecule has 3 aromatic carbocycles. The van der Waals surface area contributed by atoms with E-state index in [4.69, 9.17) is 0 Å². The topological polar surface area (TPSA) is 29.1 Å². The molecule has 0 bridgehead atoms. The highest BCUT2D eigenvalue weighted by Crippen LogP contribution is 2.27. The quantitative estimate of drug-likeness (QED) is 0.300. The van der Waals surface area contributed by atoms with Crippen LogP contribution >= 0.6 is 22.6 Å². The van der Waals surface area contributed by atoms with Gasteiger partial charge in [0.2, 0.25) is 5.91 Å². The van der Waals surface area contributed by atoms with Crippen LogP contribution in [-0.4, -0.2) is 12.5 Å². The SMILES string of the molecule is O=C(CC1CCCCC1)NCCc1cc(C=CCc2ccccc2)cc2ccc(I)cc12. The first-order valence-corrected chi connectivity index (χ1v) is 12.9. The van der Waals surface area contributed by atoms with Crippen molar-refractivity contribution in [1.82, 2.24) is 5.32 Å². The van der Waals surface area contributed by atoms with Gasteiger partial charge in [-0.1, -0.05) is 73.9 Å². The van der Waals surface area contributed by atoms with Crippen molar-refractivity contribution in [3.8, 4) is 0 Å². The van der Waals surface area contributed by atoms with Crippen molar-refractivity contribution in [3.05, 3.63) is 87.0 Å². The number of benzene rings is 3. The van der Waals surface area contributed by atoms with Gasteiger partial charge in [0.15, 0.2) is 0 Å². The predicted octanol–water partition coefficient (Wildman–Crippen LogP) is 7.33. The largest absolute Gasteiger partial charge is 0.356 e. The molecule has 3 aromatic rings. The van der Waals surface area contributed by atoms with Crippen LogP contribution in [0.4, 0.5) is 0 Å². The Bertz CT molecular complexity index is 1070. The number of rotatable bonds is 8. The normalized spacial score (nSPS) is 14.8. The van der Waals surface area contributed by atoms with E-state index in [0.29, 0.717) is 18.9 Å². The number of hydrogen-bond acceptors (Lipinski definition) is 1. The molecule has 2 nitrogen and oxygen atoms in total. The molecule has 0 aromatic heterocycles. The number of carbonyl (C=O) groups excluding carboxylic acids is 1. The zero-order valence-corrected chi connectivity index (χ0v) is 20.8. The number of amides is 1. The van der Waals surface area contributed by atoms with Crippen LogP contribution in [0.1, 0.15) is 55.2 Å². The molecule has 0 aliphatic heterocycles. The lowest BCUT2D eigenvalue weighted by Gasteiger charge is -2.20. The minimum absolute atomic E-state index is 0.217. The molecule has 1 aliphatic carbocycles. The molecule has 1 fully saturated rings. The summed E-state index contributed by atoms with van der Waals surface area (Å²) in [6, 6.07) is 21.7. The lowest BCUT2D eigenvalue weighted by atomic mass is 9.87. The summed E-state index contributed by atoms with van der Waals surface area (Å²) >= 11 is 2.38. The Morgan fingerprint density at radius 1 is 1.00 bits per heavy atom. The zero-order chi connectivity index (χ0) is 22.2. The average Bonchev–Trinajstić information content (AvgIpc) is 2.81. The van der Waals surface area contributed by atoms with Crippen LogP contribution in [0.15, 0.2) is 66.7 Å². The standard InChI is InChI=1S/C29H32INO/c30-27-15-14-25-18-24(13-7-12-22-8-3-1-4-9-22)19-26(28(25)21-27)16-17-31-29(32)20-23-10-5-2-6-11-23/h1,3-4,7-9,13-15,18-19,21,23H,2,5-6,10-12,16-17,20H2,(H,31,32). The second-order valence-corrected chi connectivity index (χ2v) is 10.2. The summed E-state index contributed by atoms with van der Waals surface area (Å²) in [6.07, 6.45) is 13.3. The fourth-order valence-corrected chi connectivity index (χ4v) is 5.23. The van der Waals surface area contributed by atoms with Crippen molar-refractivity contribution in [2.75, 3.05) is 6.54 Å². The van der Waals surface area contributed by atoms with Crippen molar-refractivity contribution < 1.29 is 4.79 Å². The van der Waals surface area contributed by atoms with Crippen LogP contribution in [0.25, 0.3) is 16.8 Å². The fraction of sp³-hybridized carbons (Fsp3) is 0.345.